The molecule has 9 heteroatoms. The van der Waals surface area contributed by atoms with Gasteiger partial charge < -0.3 is 0 Å². The highest BCUT2D eigenvalue weighted by atomic mass is 32.2. The molecule has 0 saturated heterocycles. The lowest BCUT2D eigenvalue weighted by Crippen LogP contribution is -2.11. The van der Waals surface area contributed by atoms with Gasteiger partial charge in [-0.1, -0.05) is 52.9 Å². The van der Waals surface area contributed by atoms with Crippen LogP contribution in [0.1, 0.15) is 27.0 Å². The fourth-order valence-electron chi connectivity index (χ4n) is 2.34. The summed E-state index contributed by atoms with van der Waals surface area (Å²) in [5.41, 5.74) is 3.72. The zero-order valence-corrected chi connectivity index (χ0v) is 16.3. The number of hydrogen-bond donors (Lipinski definition) is 1. The molecule has 0 bridgehead atoms. The molecule has 1 amide bonds. The zero-order valence-electron chi connectivity index (χ0n) is 14.6. The number of hydrogen-bond acceptors (Lipinski definition) is 7. The smallest absolute Gasteiger partial charge is 0.270 e. The molecule has 0 spiro atoms. The molecule has 138 valence electrons. The molecule has 3 aromatic rings. The van der Waals surface area contributed by atoms with E-state index in [1.165, 1.54) is 52.3 Å². The lowest BCUT2D eigenvalue weighted by atomic mass is 10.1. The van der Waals surface area contributed by atoms with E-state index in [9.17, 15) is 14.9 Å². The molecule has 1 N–H and O–H groups in total. The number of aromatic nitrogens is 2. The second kappa shape index (κ2) is 8.28. The molecule has 3 rings (SSSR count). The van der Waals surface area contributed by atoms with Gasteiger partial charge in [0.2, 0.25) is 5.13 Å². The molecule has 0 aliphatic carbocycles. The van der Waals surface area contributed by atoms with Crippen molar-refractivity contribution < 1.29 is 9.72 Å². The number of rotatable bonds is 6. The summed E-state index contributed by atoms with van der Waals surface area (Å²) in [7, 11) is 0. The molecule has 0 unspecified atom stereocenters. The van der Waals surface area contributed by atoms with Gasteiger partial charge in [-0.3, -0.25) is 20.2 Å². The third-order valence-electron chi connectivity index (χ3n) is 3.80. The number of aryl methyl sites for hydroxylation is 2. The summed E-state index contributed by atoms with van der Waals surface area (Å²) in [6, 6.07) is 11.9. The number of nitrogens with one attached hydrogen (secondary N) is 1. The monoisotopic (exact) mass is 400 g/mol. The molecule has 7 nitrogen and oxygen atoms in total. The van der Waals surface area contributed by atoms with E-state index in [4.69, 9.17) is 0 Å². The van der Waals surface area contributed by atoms with Gasteiger partial charge in [0.1, 0.15) is 0 Å². The van der Waals surface area contributed by atoms with E-state index < -0.39 is 10.8 Å². The van der Waals surface area contributed by atoms with Crippen molar-refractivity contribution in [2.75, 3.05) is 5.32 Å². The number of carbonyl (C=O) groups is 1. The fraction of sp³-hybridized carbons (Fsp3) is 0.167. The van der Waals surface area contributed by atoms with Crippen LogP contribution in [0, 0.1) is 24.0 Å². The van der Waals surface area contributed by atoms with Crippen LogP contribution in [0.3, 0.4) is 0 Å². The molecule has 2 aromatic carbocycles. The summed E-state index contributed by atoms with van der Waals surface area (Å²) in [5.74, 6) is 0.307. The van der Waals surface area contributed by atoms with Gasteiger partial charge in [0, 0.05) is 23.4 Å². The summed E-state index contributed by atoms with van der Waals surface area (Å²) in [4.78, 5) is 22.5. The highest BCUT2D eigenvalue weighted by Crippen LogP contribution is 2.29. The highest BCUT2D eigenvalue weighted by molar-refractivity contribution is 8.00. The minimum Gasteiger partial charge on any atom is -0.296 e. The van der Waals surface area contributed by atoms with Gasteiger partial charge in [0.05, 0.1) is 4.92 Å². The number of benzene rings is 2. The number of thioether (sulfide) groups is 1. The van der Waals surface area contributed by atoms with E-state index >= 15 is 0 Å². The minimum absolute atomic E-state index is 0.135. The van der Waals surface area contributed by atoms with Crippen LogP contribution in [-0.4, -0.2) is 21.0 Å². The number of nitro benzene ring substituents is 1. The molecule has 27 heavy (non-hydrogen) atoms. The van der Waals surface area contributed by atoms with Crippen LogP contribution in [0.15, 0.2) is 46.8 Å². The number of nitro groups is 1. The van der Waals surface area contributed by atoms with Crippen molar-refractivity contribution in [3.63, 3.8) is 0 Å². The fourth-order valence-corrected chi connectivity index (χ4v) is 4.15. The van der Waals surface area contributed by atoms with Gasteiger partial charge in [-0.05, 0) is 31.0 Å². The Morgan fingerprint density at radius 2 is 2.04 bits per heavy atom. The van der Waals surface area contributed by atoms with E-state index in [0.29, 0.717) is 5.13 Å². The quantitative estimate of drug-likeness (QED) is 0.281. The van der Waals surface area contributed by atoms with Gasteiger partial charge >= 0.3 is 0 Å². The lowest BCUT2D eigenvalue weighted by molar-refractivity contribution is -0.384. The van der Waals surface area contributed by atoms with Crippen molar-refractivity contribution in [2.45, 2.75) is 23.9 Å². The Labute approximate surface area is 164 Å². The van der Waals surface area contributed by atoms with E-state index in [0.717, 1.165) is 10.1 Å². The first-order chi connectivity index (χ1) is 12.9. The Morgan fingerprint density at radius 3 is 2.81 bits per heavy atom. The SMILES string of the molecule is Cc1ccc(C)c(CSc2nnc(NC(=O)c3cccc([N+](=O)[O-])c3)s2)c1. The first-order valence-electron chi connectivity index (χ1n) is 8.00. The van der Waals surface area contributed by atoms with Crippen molar-refractivity contribution in [1.82, 2.24) is 10.2 Å². The van der Waals surface area contributed by atoms with Gasteiger partial charge in [0.15, 0.2) is 4.34 Å². The van der Waals surface area contributed by atoms with Gasteiger partial charge in [-0.25, -0.2) is 0 Å². The van der Waals surface area contributed by atoms with Crippen molar-refractivity contribution in [1.29, 1.82) is 0 Å². The first-order valence-corrected chi connectivity index (χ1v) is 9.81. The third kappa shape index (κ3) is 4.89. The van der Waals surface area contributed by atoms with Crippen LogP contribution in [0.2, 0.25) is 0 Å². The van der Waals surface area contributed by atoms with E-state index in [-0.39, 0.29) is 11.3 Å². The van der Waals surface area contributed by atoms with Crippen molar-refractivity contribution >= 4 is 39.8 Å². The van der Waals surface area contributed by atoms with Crippen LogP contribution in [-0.2, 0) is 5.75 Å². The number of carbonyl (C=O) groups excluding carboxylic acids is 1. The minimum atomic E-state index is -0.538. The molecule has 1 aromatic heterocycles. The molecule has 0 fully saturated rings. The summed E-state index contributed by atoms with van der Waals surface area (Å²) in [6.45, 7) is 4.13. The van der Waals surface area contributed by atoms with E-state index in [1.54, 1.807) is 11.8 Å². The predicted octanol–water partition coefficient (Wildman–Crippen LogP) is 4.61. The first kappa shape index (κ1) is 19.0. The maximum absolute atomic E-state index is 12.3. The van der Waals surface area contributed by atoms with Gasteiger partial charge in [0.25, 0.3) is 11.6 Å². The standard InChI is InChI=1S/C18H16N4O3S2/c1-11-6-7-12(2)14(8-11)10-26-18-21-20-17(27-18)19-16(23)13-4-3-5-15(9-13)22(24)25/h3-9H,10H2,1-2H3,(H,19,20,23). The molecule has 0 atom stereocenters. The normalized spacial score (nSPS) is 10.6. The van der Waals surface area contributed by atoms with E-state index in [2.05, 4.69) is 47.6 Å². The molecular formula is C18H16N4O3S2. The van der Waals surface area contributed by atoms with Crippen molar-refractivity contribution in [3.05, 3.63) is 74.8 Å². The van der Waals surface area contributed by atoms with Crippen LogP contribution in [0.25, 0.3) is 0 Å². The average molecular weight is 400 g/mol. The van der Waals surface area contributed by atoms with Crippen LogP contribution < -0.4 is 5.32 Å². The highest BCUT2D eigenvalue weighted by Gasteiger charge is 2.14. The summed E-state index contributed by atoms with van der Waals surface area (Å²) in [6.07, 6.45) is 0. The average Bonchev–Trinajstić information content (AvgIpc) is 3.10. The largest absolute Gasteiger partial charge is 0.296 e. The molecule has 0 aliphatic heterocycles. The van der Waals surface area contributed by atoms with Crippen molar-refractivity contribution in [2.24, 2.45) is 0 Å². The van der Waals surface area contributed by atoms with Crippen LogP contribution in [0.4, 0.5) is 10.8 Å². The van der Waals surface area contributed by atoms with Gasteiger partial charge in [-0.15, -0.1) is 10.2 Å². The van der Waals surface area contributed by atoms with Crippen molar-refractivity contribution in [3.8, 4) is 0 Å². The summed E-state index contributed by atoms with van der Waals surface area (Å²) < 4.78 is 0.741. The Kier molecular flexibility index (Phi) is 5.82. The second-order valence-electron chi connectivity index (χ2n) is 5.85. The molecular weight excluding hydrogens is 384 g/mol. The maximum atomic E-state index is 12.3. The maximum Gasteiger partial charge on any atom is 0.270 e. The topological polar surface area (TPSA) is 98.0 Å². The van der Waals surface area contributed by atoms with Crippen LogP contribution in [0.5, 0.6) is 0 Å². The van der Waals surface area contributed by atoms with Gasteiger partial charge in [-0.2, -0.15) is 0 Å². The molecule has 0 saturated carbocycles. The third-order valence-corrected chi connectivity index (χ3v) is 5.82. The molecule has 1 heterocycles. The second-order valence-corrected chi connectivity index (χ2v) is 8.05. The Hall–Kier alpha value is -2.78. The van der Waals surface area contributed by atoms with E-state index in [1.807, 2.05) is 0 Å². The number of nitrogens with zero attached hydrogens (tertiary/aromatic N) is 3. The lowest BCUT2D eigenvalue weighted by Gasteiger charge is -2.05. The van der Waals surface area contributed by atoms with Crippen LogP contribution >= 0.6 is 23.1 Å². The molecule has 0 aliphatic rings. The predicted molar refractivity (Wildman–Crippen MR) is 106 cm³/mol. The number of anilines is 1. The Bertz CT molecular complexity index is 1000. The summed E-state index contributed by atoms with van der Waals surface area (Å²) >= 11 is 2.82. The number of non-ortho nitro benzene ring substituents is 1. The number of amides is 1. The zero-order chi connectivity index (χ0) is 19.4. The summed E-state index contributed by atoms with van der Waals surface area (Å²) in [5, 5.41) is 21.9. The molecule has 0 radical (unpaired) electrons. The Balaban J connectivity index is 1.64. The Morgan fingerprint density at radius 1 is 1.22 bits per heavy atom.